The van der Waals surface area contributed by atoms with Crippen molar-refractivity contribution in [1.29, 1.82) is 0 Å². The fourth-order valence-corrected chi connectivity index (χ4v) is 5.22. The zero-order valence-corrected chi connectivity index (χ0v) is 27.4. The van der Waals surface area contributed by atoms with Crippen LogP contribution in [0, 0.1) is 0 Å². The number of carboxylic acids is 3. The summed E-state index contributed by atoms with van der Waals surface area (Å²) in [5.74, 6) is -2.63. The monoisotopic (exact) mass is 713 g/mol. The van der Waals surface area contributed by atoms with Gasteiger partial charge in [-0.25, -0.2) is 14.4 Å². The molecule has 0 atom stereocenters. The fourth-order valence-electron chi connectivity index (χ4n) is 4.67. The van der Waals surface area contributed by atoms with Gasteiger partial charge in [0, 0.05) is 0 Å². The number of fused-ring (bicyclic) bond motifs is 3. The van der Waals surface area contributed by atoms with Crippen molar-refractivity contribution in [3.05, 3.63) is 174 Å². The summed E-state index contributed by atoms with van der Waals surface area (Å²) in [6.45, 7) is 0. The molecule has 0 aliphatic carbocycles. The van der Waals surface area contributed by atoms with Crippen LogP contribution in [0.1, 0.15) is 31.1 Å². The molecule has 0 spiro atoms. The summed E-state index contributed by atoms with van der Waals surface area (Å²) in [6.07, 6.45) is 0. The van der Waals surface area contributed by atoms with Crippen LogP contribution in [0.4, 0.5) is 0 Å². The Morgan fingerprint density at radius 2 is 0.609 bits per heavy atom. The predicted octanol–water partition coefficient (Wildman–Crippen LogP) is 8.09. The Balaban J connectivity index is 0.000000142. The SMILES string of the molecule is O=C(O)c1cccc2ccccc12.O=C(O)c1cccc2ccccc12.O=C(O)c1cccc2ccccc12.[Sn][c]1ccccc1. The molecule has 3 radical (unpaired) electrons. The van der Waals surface area contributed by atoms with Crippen LogP contribution >= 0.6 is 0 Å². The minimum absolute atomic E-state index is 0.359. The number of rotatable bonds is 3. The van der Waals surface area contributed by atoms with Crippen molar-refractivity contribution in [3.8, 4) is 0 Å². The molecule has 6 nitrogen and oxygen atoms in total. The molecule has 7 aromatic rings. The molecule has 0 aliphatic rings. The molecule has 225 valence electrons. The minimum atomic E-state index is -0.878. The molecule has 0 aromatic heterocycles. The molecule has 3 N–H and O–H groups in total. The molecule has 7 heteroatoms. The Labute approximate surface area is 279 Å². The van der Waals surface area contributed by atoms with E-state index in [2.05, 4.69) is 24.3 Å². The summed E-state index contributed by atoms with van der Waals surface area (Å²) in [5.41, 5.74) is 1.08. The Kier molecular flexibility index (Phi) is 12.0. The molecule has 0 heterocycles. The van der Waals surface area contributed by atoms with Crippen LogP contribution in [0.2, 0.25) is 0 Å². The summed E-state index contributed by atoms with van der Waals surface area (Å²) in [7, 11) is 0. The van der Waals surface area contributed by atoms with E-state index in [0.29, 0.717) is 16.7 Å². The Hall–Kier alpha value is -5.47. The van der Waals surface area contributed by atoms with Gasteiger partial charge in [0.25, 0.3) is 0 Å². The van der Waals surface area contributed by atoms with Gasteiger partial charge in [-0.2, -0.15) is 0 Å². The molecule has 0 aliphatic heterocycles. The first kappa shape index (κ1) is 33.4. The van der Waals surface area contributed by atoms with Gasteiger partial charge in [-0.05, 0) is 50.5 Å². The van der Waals surface area contributed by atoms with Crippen LogP contribution in [0.15, 0.2) is 158 Å². The topological polar surface area (TPSA) is 112 Å². The Bertz CT molecular complexity index is 1880. The first-order chi connectivity index (χ1) is 22.3. The van der Waals surface area contributed by atoms with E-state index < -0.39 is 17.9 Å². The molecule has 0 saturated carbocycles. The van der Waals surface area contributed by atoms with Gasteiger partial charge in [0.2, 0.25) is 0 Å². The maximum atomic E-state index is 10.8. The molecule has 46 heavy (non-hydrogen) atoms. The van der Waals surface area contributed by atoms with E-state index in [1.165, 1.54) is 26.1 Å². The van der Waals surface area contributed by atoms with Gasteiger partial charge < -0.3 is 15.3 Å². The number of hydrogen-bond donors (Lipinski definition) is 3. The normalized spacial score (nSPS) is 9.93. The van der Waals surface area contributed by atoms with Crippen molar-refractivity contribution in [1.82, 2.24) is 0 Å². The predicted molar refractivity (Wildman–Crippen MR) is 185 cm³/mol. The quantitative estimate of drug-likeness (QED) is 0.160. The third kappa shape index (κ3) is 9.03. The number of carboxylic acid groups (broad SMARTS) is 3. The van der Waals surface area contributed by atoms with Crippen molar-refractivity contribution in [3.63, 3.8) is 0 Å². The molecule has 0 bridgehead atoms. The molecular weight excluding hydrogens is 683 g/mol. The molecular formula is C39H29O6Sn. The van der Waals surface area contributed by atoms with E-state index in [9.17, 15) is 14.4 Å². The van der Waals surface area contributed by atoms with Crippen molar-refractivity contribution < 1.29 is 29.7 Å². The Morgan fingerprint density at radius 3 is 0.870 bits per heavy atom. The summed E-state index contributed by atoms with van der Waals surface area (Å²) < 4.78 is 1.41. The van der Waals surface area contributed by atoms with Crippen LogP contribution < -0.4 is 3.58 Å². The number of hydrogen-bond acceptors (Lipinski definition) is 3. The van der Waals surface area contributed by atoms with Gasteiger partial charge >= 0.3 is 74.3 Å². The average Bonchev–Trinajstić information content (AvgIpc) is 3.08. The first-order valence-electron chi connectivity index (χ1n) is 14.2. The van der Waals surface area contributed by atoms with Crippen LogP contribution in [0.25, 0.3) is 32.3 Å². The third-order valence-corrected chi connectivity index (χ3v) is 7.79. The second-order valence-corrected chi connectivity index (χ2v) is 11.5. The number of benzene rings is 7. The fraction of sp³-hybridized carbons (Fsp3) is 0. The summed E-state index contributed by atoms with van der Waals surface area (Å²) in [6, 6.07) is 48.6. The maximum absolute atomic E-state index is 10.8. The summed E-state index contributed by atoms with van der Waals surface area (Å²) in [5, 5.41) is 31.9. The van der Waals surface area contributed by atoms with Gasteiger partial charge in [0.05, 0.1) is 16.7 Å². The molecule has 0 fully saturated rings. The summed E-state index contributed by atoms with van der Waals surface area (Å²) in [4.78, 5) is 32.4. The van der Waals surface area contributed by atoms with Crippen LogP contribution in [0.3, 0.4) is 0 Å². The van der Waals surface area contributed by atoms with E-state index in [0.717, 1.165) is 32.3 Å². The van der Waals surface area contributed by atoms with E-state index >= 15 is 0 Å². The number of aromatic carboxylic acids is 3. The van der Waals surface area contributed by atoms with Gasteiger partial charge in [-0.1, -0.05) is 109 Å². The van der Waals surface area contributed by atoms with E-state index in [1.54, 1.807) is 36.4 Å². The van der Waals surface area contributed by atoms with Gasteiger partial charge in [0.15, 0.2) is 0 Å². The van der Waals surface area contributed by atoms with Crippen molar-refractivity contribution in [2.45, 2.75) is 0 Å². The van der Waals surface area contributed by atoms with Crippen molar-refractivity contribution in [2.75, 3.05) is 0 Å². The van der Waals surface area contributed by atoms with E-state index in [1.807, 2.05) is 97.1 Å². The summed E-state index contributed by atoms with van der Waals surface area (Å²) >= 11 is 1.49. The molecule has 0 amide bonds. The first-order valence-corrected chi connectivity index (χ1v) is 15.6. The van der Waals surface area contributed by atoms with Crippen LogP contribution in [-0.2, 0) is 0 Å². The standard InChI is InChI=1S/3C11H8O2.C6H5.Sn/c3*12-11(13)10-7-3-5-8-4-1-2-6-9(8)10;1-2-4-6-5-3-1;/h3*1-7H,(H,12,13);1-5H;. The zero-order chi connectivity index (χ0) is 32.9. The molecule has 7 aromatic carbocycles. The molecule has 7 rings (SSSR count). The third-order valence-electron chi connectivity index (χ3n) is 6.83. The number of carbonyl (C=O) groups is 3. The van der Waals surface area contributed by atoms with Gasteiger partial charge in [-0.15, -0.1) is 0 Å². The van der Waals surface area contributed by atoms with Gasteiger partial charge in [-0.3, -0.25) is 0 Å². The molecule has 0 unspecified atom stereocenters. The Morgan fingerprint density at radius 1 is 0.348 bits per heavy atom. The van der Waals surface area contributed by atoms with Crippen LogP contribution in [-0.4, -0.2) is 55.8 Å². The van der Waals surface area contributed by atoms with Crippen molar-refractivity contribution >= 4 is 76.3 Å². The molecule has 0 saturated heterocycles. The van der Waals surface area contributed by atoms with Crippen molar-refractivity contribution in [2.24, 2.45) is 0 Å². The van der Waals surface area contributed by atoms with Gasteiger partial charge in [0.1, 0.15) is 0 Å². The average molecular weight is 712 g/mol. The second-order valence-electron chi connectivity index (χ2n) is 9.86. The van der Waals surface area contributed by atoms with E-state index in [4.69, 9.17) is 15.3 Å². The van der Waals surface area contributed by atoms with E-state index in [-0.39, 0.29) is 0 Å². The second kappa shape index (κ2) is 16.6. The zero-order valence-electron chi connectivity index (χ0n) is 24.6. The van der Waals surface area contributed by atoms with Crippen LogP contribution in [0.5, 0.6) is 0 Å².